The molecule has 0 atom stereocenters. The number of rotatable bonds is 3. The lowest BCUT2D eigenvalue weighted by Gasteiger charge is -2.30. The Morgan fingerprint density at radius 2 is 1.80 bits per heavy atom. The van der Waals surface area contributed by atoms with Crippen molar-refractivity contribution in [1.29, 1.82) is 0 Å². The zero-order valence-corrected chi connectivity index (χ0v) is 11.5. The molecule has 5 heteroatoms. The number of fused-ring (bicyclic) bond motifs is 1. The molecule has 3 rings (SSSR count). The number of nitrogens with zero attached hydrogens (tertiary/aromatic N) is 2. The number of hydrogen-bond donors (Lipinski definition) is 1. The second-order valence-electron chi connectivity index (χ2n) is 5.45. The molecule has 0 bridgehead atoms. The van der Waals surface area contributed by atoms with E-state index in [4.69, 9.17) is 5.73 Å². The van der Waals surface area contributed by atoms with Crippen LogP contribution in [-0.4, -0.2) is 41.2 Å². The number of carbonyl (C=O) groups is 2. The molecule has 0 saturated carbocycles. The van der Waals surface area contributed by atoms with Gasteiger partial charge in [0.05, 0.1) is 0 Å². The Hall–Kier alpha value is -1.88. The minimum Gasteiger partial charge on any atom is -0.398 e. The fourth-order valence-electron chi connectivity index (χ4n) is 3.00. The first-order chi connectivity index (χ1) is 9.65. The number of benzene rings is 1. The van der Waals surface area contributed by atoms with Gasteiger partial charge in [-0.3, -0.25) is 19.4 Å². The minimum atomic E-state index is -0.0309. The average Bonchev–Trinajstić information content (AvgIpc) is 2.76. The van der Waals surface area contributed by atoms with E-state index in [1.54, 1.807) is 0 Å². The molecule has 0 aliphatic carbocycles. The van der Waals surface area contributed by atoms with Gasteiger partial charge >= 0.3 is 0 Å². The van der Waals surface area contributed by atoms with Gasteiger partial charge in [0.25, 0.3) is 0 Å². The Bertz CT molecular complexity index is 540. The first-order valence-corrected chi connectivity index (χ1v) is 7.07. The minimum absolute atomic E-state index is 0.0309. The largest absolute Gasteiger partial charge is 0.398 e. The van der Waals surface area contributed by atoms with Gasteiger partial charge in [0.15, 0.2) is 0 Å². The Balaban J connectivity index is 1.61. The molecular weight excluding hydrogens is 254 g/mol. The van der Waals surface area contributed by atoms with E-state index in [1.165, 1.54) is 16.0 Å². The van der Waals surface area contributed by atoms with Gasteiger partial charge in [-0.05, 0) is 23.6 Å². The molecule has 2 aliphatic rings. The standard InChI is InChI=1S/C15H19N3O2/c16-13-3-1-2-11-10-17(7-6-12(11)13)8-9-18-14(19)4-5-15(18)20/h1-3H,4-10,16H2. The zero-order valence-electron chi connectivity index (χ0n) is 11.5. The van der Waals surface area contributed by atoms with Crippen molar-refractivity contribution in [3.8, 4) is 0 Å². The van der Waals surface area contributed by atoms with E-state index >= 15 is 0 Å². The van der Waals surface area contributed by atoms with Crippen LogP contribution < -0.4 is 5.73 Å². The third-order valence-electron chi connectivity index (χ3n) is 4.18. The zero-order chi connectivity index (χ0) is 14.1. The molecule has 2 heterocycles. The number of nitrogens with two attached hydrogens (primary N) is 1. The molecule has 0 aromatic heterocycles. The van der Waals surface area contributed by atoms with Gasteiger partial charge in [0, 0.05) is 44.7 Å². The van der Waals surface area contributed by atoms with Gasteiger partial charge in [-0.15, -0.1) is 0 Å². The van der Waals surface area contributed by atoms with Gasteiger partial charge in [-0.2, -0.15) is 0 Å². The summed E-state index contributed by atoms with van der Waals surface area (Å²) >= 11 is 0. The van der Waals surface area contributed by atoms with E-state index in [-0.39, 0.29) is 11.8 Å². The summed E-state index contributed by atoms with van der Waals surface area (Å²) in [5.74, 6) is -0.0618. The van der Waals surface area contributed by atoms with Crippen molar-refractivity contribution < 1.29 is 9.59 Å². The number of imide groups is 1. The predicted octanol–water partition coefficient (Wildman–Crippen LogP) is 0.776. The van der Waals surface area contributed by atoms with Crippen molar-refractivity contribution >= 4 is 17.5 Å². The van der Waals surface area contributed by atoms with Crippen LogP contribution in [0.5, 0.6) is 0 Å². The Labute approximate surface area is 118 Å². The number of carbonyl (C=O) groups excluding carboxylic acids is 2. The van der Waals surface area contributed by atoms with E-state index in [1.807, 2.05) is 12.1 Å². The summed E-state index contributed by atoms with van der Waals surface area (Å²) in [6.07, 6.45) is 1.68. The molecule has 1 aromatic rings. The molecule has 106 valence electrons. The quantitative estimate of drug-likeness (QED) is 0.652. The summed E-state index contributed by atoms with van der Waals surface area (Å²) < 4.78 is 0. The average molecular weight is 273 g/mol. The third kappa shape index (κ3) is 2.41. The van der Waals surface area contributed by atoms with Gasteiger partial charge < -0.3 is 5.73 Å². The summed E-state index contributed by atoms with van der Waals surface area (Å²) in [6, 6.07) is 6.02. The Morgan fingerprint density at radius 1 is 1.05 bits per heavy atom. The molecule has 1 saturated heterocycles. The van der Waals surface area contributed by atoms with Crippen LogP contribution in [0.25, 0.3) is 0 Å². The van der Waals surface area contributed by atoms with E-state index < -0.39 is 0 Å². The highest BCUT2D eigenvalue weighted by Gasteiger charge is 2.29. The molecule has 2 aliphatic heterocycles. The predicted molar refractivity (Wildman–Crippen MR) is 75.8 cm³/mol. The van der Waals surface area contributed by atoms with Gasteiger partial charge in [-0.1, -0.05) is 12.1 Å². The maximum Gasteiger partial charge on any atom is 0.229 e. The molecule has 1 aromatic carbocycles. The van der Waals surface area contributed by atoms with Crippen molar-refractivity contribution in [3.63, 3.8) is 0 Å². The molecule has 2 amide bonds. The second-order valence-corrected chi connectivity index (χ2v) is 5.45. The Morgan fingerprint density at radius 3 is 2.55 bits per heavy atom. The molecular formula is C15H19N3O2. The first-order valence-electron chi connectivity index (χ1n) is 7.07. The maximum absolute atomic E-state index is 11.6. The monoisotopic (exact) mass is 273 g/mol. The second kappa shape index (κ2) is 5.25. The number of hydrogen-bond acceptors (Lipinski definition) is 4. The van der Waals surface area contributed by atoms with E-state index in [9.17, 15) is 9.59 Å². The highest BCUT2D eigenvalue weighted by Crippen LogP contribution is 2.24. The van der Waals surface area contributed by atoms with Crippen LogP contribution in [0.4, 0.5) is 5.69 Å². The summed E-state index contributed by atoms with van der Waals surface area (Å²) in [7, 11) is 0. The van der Waals surface area contributed by atoms with Crippen LogP contribution in [-0.2, 0) is 22.6 Å². The fraction of sp³-hybridized carbons (Fsp3) is 0.467. The number of anilines is 1. The van der Waals surface area contributed by atoms with E-state index in [2.05, 4.69) is 11.0 Å². The summed E-state index contributed by atoms with van der Waals surface area (Å²) in [5, 5.41) is 0. The number of nitrogen functional groups attached to an aromatic ring is 1. The first kappa shape index (κ1) is 13.1. The van der Waals surface area contributed by atoms with Crippen LogP contribution >= 0.6 is 0 Å². The molecule has 0 radical (unpaired) electrons. The topological polar surface area (TPSA) is 66.6 Å². The Kier molecular flexibility index (Phi) is 3.44. The lowest BCUT2D eigenvalue weighted by molar-refractivity contribution is -0.138. The molecule has 0 spiro atoms. The van der Waals surface area contributed by atoms with E-state index in [0.29, 0.717) is 19.4 Å². The van der Waals surface area contributed by atoms with Gasteiger partial charge in [-0.25, -0.2) is 0 Å². The normalized spacial score (nSPS) is 19.5. The summed E-state index contributed by atoms with van der Waals surface area (Å²) in [5.41, 5.74) is 9.36. The highest BCUT2D eigenvalue weighted by atomic mass is 16.2. The van der Waals surface area contributed by atoms with Gasteiger partial charge in [0.2, 0.25) is 11.8 Å². The number of likely N-dealkylation sites (tertiary alicyclic amines) is 1. The van der Waals surface area contributed by atoms with Crippen molar-refractivity contribution in [2.45, 2.75) is 25.8 Å². The van der Waals surface area contributed by atoms with Crippen molar-refractivity contribution in [1.82, 2.24) is 9.80 Å². The lowest BCUT2D eigenvalue weighted by Crippen LogP contribution is -2.40. The molecule has 0 unspecified atom stereocenters. The van der Waals surface area contributed by atoms with Crippen LogP contribution in [0.2, 0.25) is 0 Å². The smallest absolute Gasteiger partial charge is 0.229 e. The summed E-state index contributed by atoms with van der Waals surface area (Å²) in [4.78, 5) is 26.8. The molecule has 5 nitrogen and oxygen atoms in total. The SMILES string of the molecule is Nc1cccc2c1CCN(CCN1C(=O)CCC1=O)C2. The van der Waals surface area contributed by atoms with Crippen molar-refractivity contribution in [2.24, 2.45) is 0 Å². The van der Waals surface area contributed by atoms with Crippen molar-refractivity contribution in [3.05, 3.63) is 29.3 Å². The molecule has 20 heavy (non-hydrogen) atoms. The van der Waals surface area contributed by atoms with Crippen LogP contribution in [0.15, 0.2) is 18.2 Å². The third-order valence-corrected chi connectivity index (χ3v) is 4.18. The number of amides is 2. The van der Waals surface area contributed by atoms with Crippen LogP contribution in [0.3, 0.4) is 0 Å². The van der Waals surface area contributed by atoms with Gasteiger partial charge in [0.1, 0.15) is 0 Å². The van der Waals surface area contributed by atoms with Crippen LogP contribution in [0.1, 0.15) is 24.0 Å². The lowest BCUT2D eigenvalue weighted by atomic mass is 9.98. The summed E-state index contributed by atoms with van der Waals surface area (Å²) in [6.45, 7) is 3.02. The van der Waals surface area contributed by atoms with Crippen molar-refractivity contribution in [2.75, 3.05) is 25.4 Å². The fourth-order valence-corrected chi connectivity index (χ4v) is 3.00. The van der Waals surface area contributed by atoms with Crippen LogP contribution in [0, 0.1) is 0 Å². The molecule has 2 N–H and O–H groups in total. The maximum atomic E-state index is 11.6. The highest BCUT2D eigenvalue weighted by molar-refractivity contribution is 6.01. The molecule has 1 fully saturated rings. The van der Waals surface area contributed by atoms with E-state index in [0.717, 1.165) is 31.7 Å².